The molecule has 6 heteroatoms. The van der Waals surface area contributed by atoms with Crippen molar-refractivity contribution in [1.82, 2.24) is 9.78 Å². The number of anilines is 1. The van der Waals surface area contributed by atoms with Crippen LogP contribution in [0.25, 0.3) is 0 Å². The molecule has 2 aromatic rings. The standard InChI is InChI=1S/C12H12N4OS/c1-7-8(2)18-12(10(7)4-13)15-11(17)9-5-14-16(3)6-9/h5-6H,1-3H3,(H,15,17). The van der Waals surface area contributed by atoms with Crippen LogP contribution in [0.4, 0.5) is 5.00 Å². The number of rotatable bonds is 2. The lowest BCUT2D eigenvalue weighted by Crippen LogP contribution is -2.10. The number of carbonyl (C=O) groups excluding carboxylic acids is 1. The van der Waals surface area contributed by atoms with Crippen molar-refractivity contribution >= 4 is 22.2 Å². The van der Waals surface area contributed by atoms with E-state index in [1.165, 1.54) is 17.5 Å². The molecule has 1 N–H and O–H groups in total. The van der Waals surface area contributed by atoms with Gasteiger partial charge in [0.15, 0.2) is 0 Å². The average molecular weight is 260 g/mol. The van der Waals surface area contributed by atoms with Gasteiger partial charge in [0.1, 0.15) is 11.1 Å². The van der Waals surface area contributed by atoms with Gasteiger partial charge in [0, 0.05) is 18.1 Å². The Morgan fingerprint density at radius 1 is 1.56 bits per heavy atom. The Morgan fingerprint density at radius 2 is 2.28 bits per heavy atom. The fourth-order valence-electron chi connectivity index (χ4n) is 1.56. The van der Waals surface area contributed by atoms with E-state index in [2.05, 4.69) is 16.5 Å². The maximum atomic E-state index is 11.9. The van der Waals surface area contributed by atoms with E-state index < -0.39 is 0 Å². The van der Waals surface area contributed by atoms with E-state index in [-0.39, 0.29) is 5.91 Å². The predicted octanol–water partition coefficient (Wildman–Crippen LogP) is 2.22. The molecule has 0 radical (unpaired) electrons. The number of nitrogens with zero attached hydrogens (tertiary/aromatic N) is 3. The molecule has 0 fully saturated rings. The van der Waals surface area contributed by atoms with Gasteiger partial charge in [0.25, 0.3) is 5.91 Å². The van der Waals surface area contributed by atoms with Crippen LogP contribution >= 0.6 is 11.3 Å². The van der Waals surface area contributed by atoms with Crippen LogP contribution < -0.4 is 5.32 Å². The minimum Gasteiger partial charge on any atom is -0.312 e. The zero-order valence-corrected chi connectivity index (χ0v) is 11.1. The maximum absolute atomic E-state index is 11.9. The van der Waals surface area contributed by atoms with Crippen molar-refractivity contribution in [2.45, 2.75) is 13.8 Å². The molecule has 0 spiro atoms. The third-order valence-corrected chi connectivity index (χ3v) is 3.81. The largest absolute Gasteiger partial charge is 0.312 e. The zero-order valence-electron chi connectivity index (χ0n) is 10.3. The number of nitrogens with one attached hydrogen (secondary N) is 1. The quantitative estimate of drug-likeness (QED) is 0.900. The molecule has 0 aromatic carbocycles. The van der Waals surface area contributed by atoms with Gasteiger partial charge in [0.2, 0.25) is 0 Å². The first-order chi connectivity index (χ1) is 8.52. The van der Waals surface area contributed by atoms with Crippen LogP contribution in [0.1, 0.15) is 26.4 Å². The second-order valence-corrected chi connectivity index (χ2v) is 5.18. The van der Waals surface area contributed by atoms with Crippen LogP contribution in [-0.4, -0.2) is 15.7 Å². The highest BCUT2D eigenvalue weighted by Crippen LogP contribution is 2.31. The Hall–Kier alpha value is -2.13. The van der Waals surface area contributed by atoms with E-state index in [1.54, 1.807) is 17.9 Å². The lowest BCUT2D eigenvalue weighted by molar-refractivity contribution is 0.102. The molecule has 2 heterocycles. The number of carbonyl (C=O) groups is 1. The summed E-state index contributed by atoms with van der Waals surface area (Å²) in [6.45, 7) is 3.81. The van der Waals surface area contributed by atoms with Crippen molar-refractivity contribution in [3.63, 3.8) is 0 Å². The van der Waals surface area contributed by atoms with Gasteiger partial charge >= 0.3 is 0 Å². The Kier molecular flexibility index (Phi) is 3.17. The fraction of sp³-hybridized carbons (Fsp3) is 0.250. The van der Waals surface area contributed by atoms with Gasteiger partial charge in [-0.1, -0.05) is 0 Å². The number of aryl methyl sites for hydroxylation is 2. The van der Waals surface area contributed by atoms with E-state index >= 15 is 0 Å². The molecule has 0 unspecified atom stereocenters. The lowest BCUT2D eigenvalue weighted by Gasteiger charge is -2.00. The first kappa shape index (κ1) is 12.3. The molecule has 0 atom stereocenters. The molecule has 0 aliphatic rings. The summed E-state index contributed by atoms with van der Waals surface area (Å²) >= 11 is 1.41. The SMILES string of the molecule is Cc1sc(NC(=O)c2cnn(C)c2)c(C#N)c1C. The van der Waals surface area contributed by atoms with Crippen LogP contribution in [0.5, 0.6) is 0 Å². The highest BCUT2D eigenvalue weighted by molar-refractivity contribution is 7.16. The molecule has 18 heavy (non-hydrogen) atoms. The van der Waals surface area contributed by atoms with Crippen molar-refractivity contribution in [3.8, 4) is 6.07 Å². The summed E-state index contributed by atoms with van der Waals surface area (Å²) in [5, 5.41) is 16.4. The Balaban J connectivity index is 2.28. The third kappa shape index (κ3) is 2.13. The van der Waals surface area contributed by atoms with E-state index in [0.717, 1.165) is 10.4 Å². The van der Waals surface area contributed by atoms with Gasteiger partial charge in [-0.2, -0.15) is 10.4 Å². The van der Waals surface area contributed by atoms with Crippen molar-refractivity contribution in [2.75, 3.05) is 5.32 Å². The molecule has 5 nitrogen and oxygen atoms in total. The lowest BCUT2D eigenvalue weighted by atomic mass is 10.2. The minimum atomic E-state index is -0.249. The normalized spacial score (nSPS) is 10.1. The minimum absolute atomic E-state index is 0.249. The summed E-state index contributed by atoms with van der Waals surface area (Å²) in [5.74, 6) is -0.249. The van der Waals surface area contributed by atoms with E-state index in [9.17, 15) is 4.79 Å². The molecule has 2 aromatic heterocycles. The Bertz CT molecular complexity index is 648. The highest BCUT2D eigenvalue weighted by Gasteiger charge is 2.16. The maximum Gasteiger partial charge on any atom is 0.259 e. The molecular weight excluding hydrogens is 248 g/mol. The van der Waals surface area contributed by atoms with Gasteiger partial charge in [-0.15, -0.1) is 11.3 Å². The van der Waals surface area contributed by atoms with Gasteiger partial charge in [-0.25, -0.2) is 0 Å². The van der Waals surface area contributed by atoms with Crippen LogP contribution in [0, 0.1) is 25.2 Å². The molecule has 1 amide bonds. The summed E-state index contributed by atoms with van der Waals surface area (Å²) in [4.78, 5) is 13.0. The summed E-state index contributed by atoms with van der Waals surface area (Å²) in [6, 6.07) is 2.12. The number of aromatic nitrogens is 2. The molecule has 0 aliphatic carbocycles. The highest BCUT2D eigenvalue weighted by atomic mass is 32.1. The smallest absolute Gasteiger partial charge is 0.259 e. The van der Waals surface area contributed by atoms with Gasteiger partial charge < -0.3 is 5.32 Å². The number of amides is 1. The molecule has 92 valence electrons. The van der Waals surface area contributed by atoms with Crippen molar-refractivity contribution in [2.24, 2.45) is 7.05 Å². The first-order valence-electron chi connectivity index (χ1n) is 5.33. The van der Waals surface area contributed by atoms with E-state index in [0.29, 0.717) is 16.1 Å². The topological polar surface area (TPSA) is 70.7 Å². The zero-order chi connectivity index (χ0) is 13.3. The van der Waals surface area contributed by atoms with Crippen molar-refractivity contribution in [3.05, 3.63) is 34.0 Å². The first-order valence-corrected chi connectivity index (χ1v) is 6.14. The number of nitriles is 1. The number of hydrogen-bond donors (Lipinski definition) is 1. The van der Waals surface area contributed by atoms with Crippen LogP contribution in [0.15, 0.2) is 12.4 Å². The van der Waals surface area contributed by atoms with E-state index in [4.69, 9.17) is 5.26 Å². The van der Waals surface area contributed by atoms with E-state index in [1.807, 2.05) is 13.8 Å². The number of thiophene rings is 1. The second kappa shape index (κ2) is 4.63. The molecule has 0 saturated carbocycles. The summed E-state index contributed by atoms with van der Waals surface area (Å²) < 4.78 is 1.56. The number of hydrogen-bond acceptors (Lipinski definition) is 4. The molecule has 2 rings (SSSR count). The Morgan fingerprint density at radius 3 is 2.83 bits per heavy atom. The van der Waals surface area contributed by atoms with Gasteiger partial charge in [-0.3, -0.25) is 9.48 Å². The fourth-order valence-corrected chi connectivity index (χ4v) is 2.57. The average Bonchev–Trinajstić information content (AvgIpc) is 2.85. The monoisotopic (exact) mass is 260 g/mol. The Labute approximate surface area is 109 Å². The molecular formula is C12H12N4OS. The van der Waals surface area contributed by atoms with Crippen LogP contribution in [0.3, 0.4) is 0 Å². The van der Waals surface area contributed by atoms with Crippen molar-refractivity contribution in [1.29, 1.82) is 5.26 Å². The van der Waals surface area contributed by atoms with Gasteiger partial charge in [0.05, 0.1) is 17.3 Å². The van der Waals surface area contributed by atoms with Crippen molar-refractivity contribution < 1.29 is 4.79 Å². The molecule has 0 aliphatic heterocycles. The molecule has 0 saturated heterocycles. The summed E-state index contributed by atoms with van der Waals surface area (Å²) in [5.41, 5.74) is 1.93. The summed E-state index contributed by atoms with van der Waals surface area (Å²) in [7, 11) is 1.75. The third-order valence-electron chi connectivity index (χ3n) is 2.69. The summed E-state index contributed by atoms with van der Waals surface area (Å²) in [6.07, 6.45) is 3.13. The van der Waals surface area contributed by atoms with Gasteiger partial charge in [-0.05, 0) is 19.4 Å². The van der Waals surface area contributed by atoms with Crippen LogP contribution in [0.2, 0.25) is 0 Å². The van der Waals surface area contributed by atoms with Crippen LogP contribution in [-0.2, 0) is 7.05 Å². The second-order valence-electron chi connectivity index (χ2n) is 3.96. The predicted molar refractivity (Wildman–Crippen MR) is 69.7 cm³/mol. The molecule has 0 bridgehead atoms.